The minimum atomic E-state index is -0.397. The maximum atomic E-state index is 11.3. The smallest absolute Gasteiger partial charge is 0.270 e. The molecule has 0 unspecified atom stereocenters. The summed E-state index contributed by atoms with van der Waals surface area (Å²) in [6.45, 7) is 10.3. The predicted molar refractivity (Wildman–Crippen MR) is 128 cm³/mol. The van der Waals surface area contributed by atoms with E-state index in [4.69, 9.17) is 12.2 Å². The number of thiocarbonyl (C=S) groups is 1. The first-order chi connectivity index (χ1) is 14.3. The van der Waals surface area contributed by atoms with Gasteiger partial charge >= 0.3 is 0 Å². The zero-order chi connectivity index (χ0) is 22.1. The highest BCUT2D eigenvalue weighted by Crippen LogP contribution is 2.26. The van der Waals surface area contributed by atoms with Crippen LogP contribution in [-0.2, 0) is 0 Å². The van der Waals surface area contributed by atoms with E-state index < -0.39 is 4.92 Å². The third-order valence-electron chi connectivity index (χ3n) is 4.14. The molecule has 8 heteroatoms. The number of hydrazone groups is 1. The SMILES string of the molecule is CC(C)CN(CC(C)C)c1ccc([N+](=O)[O-])cc1/C=N\NC(=S)Nc1ccccc1. The average molecular weight is 428 g/mol. The molecule has 0 bridgehead atoms. The molecule has 0 aliphatic heterocycles. The van der Waals surface area contributed by atoms with Crippen molar-refractivity contribution in [3.63, 3.8) is 0 Å². The summed E-state index contributed by atoms with van der Waals surface area (Å²) >= 11 is 5.26. The number of nitrogens with zero attached hydrogens (tertiary/aromatic N) is 3. The number of nitro groups is 1. The van der Waals surface area contributed by atoms with Gasteiger partial charge in [0, 0.05) is 42.2 Å². The fraction of sp³-hybridized carbons (Fsp3) is 0.364. The molecule has 0 saturated heterocycles. The van der Waals surface area contributed by atoms with Crippen LogP contribution in [0.4, 0.5) is 17.1 Å². The lowest BCUT2D eigenvalue weighted by atomic mass is 10.1. The Hall–Kier alpha value is -3.00. The number of para-hydroxylation sites is 1. The Bertz CT molecular complexity index is 874. The Morgan fingerprint density at radius 2 is 1.77 bits per heavy atom. The van der Waals surface area contributed by atoms with Gasteiger partial charge in [0.15, 0.2) is 5.11 Å². The molecule has 0 aromatic heterocycles. The van der Waals surface area contributed by atoms with Gasteiger partial charge in [-0.25, -0.2) is 0 Å². The molecule has 160 valence electrons. The van der Waals surface area contributed by atoms with Crippen molar-refractivity contribution in [1.82, 2.24) is 5.43 Å². The quantitative estimate of drug-likeness (QED) is 0.253. The van der Waals surface area contributed by atoms with Gasteiger partial charge < -0.3 is 10.2 Å². The van der Waals surface area contributed by atoms with Crippen molar-refractivity contribution < 1.29 is 4.92 Å². The molecular weight excluding hydrogens is 398 g/mol. The highest BCUT2D eigenvalue weighted by molar-refractivity contribution is 7.80. The van der Waals surface area contributed by atoms with E-state index in [2.05, 4.69) is 48.4 Å². The van der Waals surface area contributed by atoms with Crippen molar-refractivity contribution in [2.75, 3.05) is 23.3 Å². The molecule has 2 rings (SSSR count). The third kappa shape index (κ3) is 7.44. The van der Waals surface area contributed by atoms with Crippen LogP contribution in [-0.4, -0.2) is 29.3 Å². The molecule has 30 heavy (non-hydrogen) atoms. The maximum absolute atomic E-state index is 11.3. The average Bonchev–Trinajstić information content (AvgIpc) is 2.67. The summed E-state index contributed by atoms with van der Waals surface area (Å²) < 4.78 is 0. The standard InChI is InChI=1S/C22H29N5O2S/c1-16(2)14-26(15-17(3)4)21-11-10-20(27(28)29)12-18(21)13-23-25-22(30)24-19-8-6-5-7-9-19/h5-13,16-17H,14-15H2,1-4H3,(H2,24,25,30)/b23-13-. The Morgan fingerprint density at radius 3 is 2.33 bits per heavy atom. The van der Waals surface area contributed by atoms with E-state index in [9.17, 15) is 10.1 Å². The zero-order valence-corrected chi connectivity index (χ0v) is 18.6. The van der Waals surface area contributed by atoms with Gasteiger partial charge in [-0.05, 0) is 42.3 Å². The first kappa shape index (κ1) is 23.3. The Morgan fingerprint density at radius 1 is 1.13 bits per heavy atom. The van der Waals surface area contributed by atoms with Gasteiger partial charge in [0.25, 0.3) is 5.69 Å². The van der Waals surface area contributed by atoms with E-state index >= 15 is 0 Å². The normalized spacial score (nSPS) is 11.1. The Balaban J connectivity index is 2.24. The molecule has 0 amide bonds. The van der Waals surface area contributed by atoms with Crippen LogP contribution in [0.1, 0.15) is 33.3 Å². The summed E-state index contributed by atoms with van der Waals surface area (Å²) in [4.78, 5) is 13.1. The van der Waals surface area contributed by atoms with Crippen molar-refractivity contribution in [2.24, 2.45) is 16.9 Å². The molecule has 0 atom stereocenters. The fourth-order valence-electron chi connectivity index (χ4n) is 3.04. The molecule has 0 heterocycles. The Labute approximate surface area is 183 Å². The van der Waals surface area contributed by atoms with Gasteiger partial charge in [-0.3, -0.25) is 15.5 Å². The second kappa shape index (κ2) is 11.3. The summed E-state index contributed by atoms with van der Waals surface area (Å²) in [6.07, 6.45) is 1.58. The van der Waals surface area contributed by atoms with E-state index in [1.165, 1.54) is 6.07 Å². The number of anilines is 2. The molecule has 2 N–H and O–H groups in total. The lowest BCUT2D eigenvalue weighted by Crippen LogP contribution is -2.32. The van der Waals surface area contributed by atoms with Crippen molar-refractivity contribution in [3.8, 4) is 0 Å². The number of benzene rings is 2. The van der Waals surface area contributed by atoms with E-state index in [-0.39, 0.29) is 5.69 Å². The van der Waals surface area contributed by atoms with Crippen molar-refractivity contribution in [3.05, 3.63) is 64.2 Å². The lowest BCUT2D eigenvalue weighted by Gasteiger charge is -2.29. The van der Waals surface area contributed by atoms with Crippen LogP contribution in [0.3, 0.4) is 0 Å². The van der Waals surface area contributed by atoms with Gasteiger partial charge in [-0.2, -0.15) is 5.10 Å². The first-order valence-corrected chi connectivity index (χ1v) is 10.4. The number of non-ortho nitro benzene ring substituents is 1. The molecule has 2 aromatic carbocycles. The second-order valence-corrected chi connectivity index (χ2v) is 8.29. The minimum Gasteiger partial charge on any atom is -0.370 e. The van der Waals surface area contributed by atoms with Crippen LogP contribution in [0.25, 0.3) is 0 Å². The number of nitro benzene ring substituents is 1. The molecule has 0 spiro atoms. The van der Waals surface area contributed by atoms with Crippen molar-refractivity contribution >= 4 is 40.6 Å². The van der Waals surface area contributed by atoms with E-state index in [1.54, 1.807) is 18.3 Å². The van der Waals surface area contributed by atoms with Crippen molar-refractivity contribution in [1.29, 1.82) is 0 Å². The minimum absolute atomic E-state index is 0.0271. The maximum Gasteiger partial charge on any atom is 0.270 e. The highest BCUT2D eigenvalue weighted by atomic mass is 32.1. The number of rotatable bonds is 9. The molecular formula is C22H29N5O2S. The zero-order valence-electron chi connectivity index (χ0n) is 17.8. The van der Waals surface area contributed by atoms with E-state index in [0.29, 0.717) is 22.5 Å². The molecule has 2 aromatic rings. The molecule has 7 nitrogen and oxygen atoms in total. The van der Waals surface area contributed by atoms with Crippen LogP contribution in [0, 0.1) is 22.0 Å². The van der Waals surface area contributed by atoms with E-state index in [1.807, 2.05) is 30.3 Å². The molecule has 0 aliphatic carbocycles. The summed E-state index contributed by atoms with van der Waals surface area (Å²) in [5, 5.41) is 18.9. The van der Waals surface area contributed by atoms with Crippen LogP contribution >= 0.6 is 12.2 Å². The molecule has 0 saturated carbocycles. The molecule has 0 fully saturated rings. The monoisotopic (exact) mass is 427 g/mol. The van der Waals surface area contributed by atoms with Gasteiger partial charge in [0.2, 0.25) is 0 Å². The topological polar surface area (TPSA) is 82.8 Å². The highest BCUT2D eigenvalue weighted by Gasteiger charge is 2.17. The first-order valence-electron chi connectivity index (χ1n) is 9.94. The van der Waals surface area contributed by atoms with Gasteiger partial charge in [0.05, 0.1) is 11.1 Å². The Kier molecular flexibility index (Phi) is 8.73. The summed E-state index contributed by atoms with van der Waals surface area (Å²) in [7, 11) is 0. The van der Waals surface area contributed by atoms with Gasteiger partial charge in [-0.15, -0.1) is 0 Å². The van der Waals surface area contributed by atoms with Gasteiger partial charge in [0.1, 0.15) is 0 Å². The van der Waals surface area contributed by atoms with Crippen molar-refractivity contribution in [2.45, 2.75) is 27.7 Å². The predicted octanol–water partition coefficient (Wildman–Crippen LogP) is 5.03. The largest absolute Gasteiger partial charge is 0.370 e. The number of hydrogen-bond acceptors (Lipinski definition) is 5. The fourth-order valence-corrected chi connectivity index (χ4v) is 3.21. The third-order valence-corrected chi connectivity index (χ3v) is 4.33. The lowest BCUT2D eigenvalue weighted by molar-refractivity contribution is -0.384. The molecule has 0 radical (unpaired) electrons. The van der Waals surface area contributed by atoms with Crippen LogP contribution in [0.15, 0.2) is 53.6 Å². The summed E-state index contributed by atoms with van der Waals surface area (Å²) in [5.74, 6) is 0.897. The number of hydrogen-bond donors (Lipinski definition) is 2. The van der Waals surface area contributed by atoms with Gasteiger partial charge in [-0.1, -0.05) is 45.9 Å². The second-order valence-electron chi connectivity index (χ2n) is 7.88. The van der Waals surface area contributed by atoms with Crippen LogP contribution in [0.2, 0.25) is 0 Å². The summed E-state index contributed by atoms with van der Waals surface area (Å²) in [5.41, 5.74) is 5.23. The van der Waals surface area contributed by atoms with E-state index in [0.717, 1.165) is 24.5 Å². The summed E-state index contributed by atoms with van der Waals surface area (Å²) in [6, 6.07) is 14.4. The number of nitrogens with one attached hydrogen (secondary N) is 2. The molecule has 0 aliphatic rings. The van der Waals surface area contributed by atoms with Crippen LogP contribution < -0.4 is 15.6 Å². The van der Waals surface area contributed by atoms with Crippen LogP contribution in [0.5, 0.6) is 0 Å².